The SMILES string of the molecule is COc1ccc(OC)c(C(=O)CSc2nc3ccc(OC)cc3[nH]2)c1. The van der Waals surface area contributed by atoms with Crippen LogP contribution in [-0.4, -0.2) is 42.8 Å². The number of carbonyl (C=O) groups excluding carboxylic acids is 1. The fraction of sp³-hybridized carbons (Fsp3) is 0.222. The maximum absolute atomic E-state index is 12.6. The normalized spacial score (nSPS) is 10.7. The van der Waals surface area contributed by atoms with E-state index in [-0.39, 0.29) is 11.5 Å². The highest BCUT2D eigenvalue weighted by atomic mass is 32.2. The number of aromatic amines is 1. The number of fused-ring (bicyclic) bond motifs is 1. The smallest absolute Gasteiger partial charge is 0.177 e. The molecule has 6 nitrogen and oxygen atoms in total. The largest absolute Gasteiger partial charge is 0.497 e. The Hall–Kier alpha value is -2.67. The summed E-state index contributed by atoms with van der Waals surface area (Å²) in [5.74, 6) is 2.08. The number of hydrogen-bond acceptors (Lipinski definition) is 6. The van der Waals surface area contributed by atoms with Gasteiger partial charge in [0.05, 0.1) is 43.7 Å². The molecule has 0 radical (unpaired) electrons. The van der Waals surface area contributed by atoms with Crippen molar-refractivity contribution in [2.24, 2.45) is 0 Å². The van der Waals surface area contributed by atoms with Gasteiger partial charge in [0.2, 0.25) is 0 Å². The molecule has 3 aromatic rings. The number of thioether (sulfide) groups is 1. The molecule has 0 fully saturated rings. The highest BCUT2D eigenvalue weighted by Crippen LogP contribution is 2.27. The van der Waals surface area contributed by atoms with Crippen molar-refractivity contribution in [3.8, 4) is 17.2 Å². The molecule has 0 atom stereocenters. The van der Waals surface area contributed by atoms with Gasteiger partial charge in [0.15, 0.2) is 10.9 Å². The Bertz CT molecular complexity index is 907. The van der Waals surface area contributed by atoms with E-state index < -0.39 is 0 Å². The van der Waals surface area contributed by atoms with Gasteiger partial charge in [-0.25, -0.2) is 4.98 Å². The van der Waals surface area contributed by atoms with Gasteiger partial charge >= 0.3 is 0 Å². The molecule has 130 valence electrons. The Kier molecular flexibility index (Phi) is 5.14. The number of nitrogens with one attached hydrogen (secondary N) is 1. The maximum atomic E-state index is 12.6. The second-order valence-corrected chi connectivity index (χ2v) is 6.17. The predicted octanol–water partition coefficient (Wildman–Crippen LogP) is 3.56. The second-order valence-electron chi connectivity index (χ2n) is 5.20. The van der Waals surface area contributed by atoms with Crippen LogP contribution >= 0.6 is 11.8 Å². The summed E-state index contributed by atoms with van der Waals surface area (Å²) in [6, 6.07) is 10.8. The van der Waals surface area contributed by atoms with Crippen LogP contribution in [0.15, 0.2) is 41.6 Å². The van der Waals surface area contributed by atoms with Crippen LogP contribution in [0.25, 0.3) is 11.0 Å². The third kappa shape index (κ3) is 3.71. The molecule has 0 aliphatic heterocycles. The molecule has 0 bridgehead atoms. The summed E-state index contributed by atoms with van der Waals surface area (Å²) in [4.78, 5) is 20.2. The van der Waals surface area contributed by atoms with Crippen LogP contribution in [0, 0.1) is 0 Å². The topological polar surface area (TPSA) is 73.4 Å². The molecule has 0 aliphatic rings. The molecule has 1 heterocycles. The van der Waals surface area contributed by atoms with Crippen molar-refractivity contribution in [2.45, 2.75) is 5.16 Å². The van der Waals surface area contributed by atoms with E-state index in [1.165, 1.54) is 11.8 Å². The number of methoxy groups -OCH3 is 3. The first-order chi connectivity index (χ1) is 12.1. The predicted molar refractivity (Wildman–Crippen MR) is 97.2 cm³/mol. The summed E-state index contributed by atoms with van der Waals surface area (Å²) in [6.45, 7) is 0. The van der Waals surface area contributed by atoms with Crippen molar-refractivity contribution in [2.75, 3.05) is 27.1 Å². The molecule has 2 aromatic carbocycles. The number of hydrogen-bond donors (Lipinski definition) is 1. The first-order valence-corrected chi connectivity index (χ1v) is 8.55. The fourth-order valence-electron chi connectivity index (χ4n) is 2.40. The standard InChI is InChI=1S/C18H18N2O4S/c1-22-11-5-7-17(24-3)13(8-11)16(21)10-25-18-19-14-6-4-12(23-2)9-15(14)20-18/h4-9H,10H2,1-3H3,(H,19,20). The molecule has 0 amide bonds. The van der Waals surface area contributed by atoms with Crippen LogP contribution < -0.4 is 14.2 Å². The Labute approximate surface area is 149 Å². The number of imidazole rings is 1. The maximum Gasteiger partial charge on any atom is 0.177 e. The van der Waals surface area contributed by atoms with E-state index in [2.05, 4.69) is 9.97 Å². The summed E-state index contributed by atoms with van der Waals surface area (Å²) < 4.78 is 15.7. The lowest BCUT2D eigenvalue weighted by atomic mass is 10.1. The number of aromatic nitrogens is 2. The van der Waals surface area contributed by atoms with E-state index in [1.54, 1.807) is 39.5 Å². The van der Waals surface area contributed by atoms with E-state index in [0.717, 1.165) is 16.8 Å². The lowest BCUT2D eigenvalue weighted by molar-refractivity contribution is 0.101. The van der Waals surface area contributed by atoms with Gasteiger partial charge in [-0.15, -0.1) is 0 Å². The third-order valence-electron chi connectivity index (χ3n) is 3.71. The Morgan fingerprint density at radius 1 is 1.04 bits per heavy atom. The minimum atomic E-state index is -0.0567. The molecule has 3 rings (SSSR count). The van der Waals surface area contributed by atoms with Gasteiger partial charge < -0.3 is 19.2 Å². The molecule has 7 heteroatoms. The first-order valence-electron chi connectivity index (χ1n) is 7.56. The van der Waals surface area contributed by atoms with E-state index >= 15 is 0 Å². The number of H-pyrrole nitrogens is 1. The quantitative estimate of drug-likeness (QED) is 0.514. The third-order valence-corrected chi connectivity index (χ3v) is 4.59. The van der Waals surface area contributed by atoms with Gasteiger partial charge in [0.1, 0.15) is 17.2 Å². The van der Waals surface area contributed by atoms with Crippen LogP contribution in [0.1, 0.15) is 10.4 Å². The van der Waals surface area contributed by atoms with Crippen molar-refractivity contribution in [3.05, 3.63) is 42.0 Å². The van der Waals surface area contributed by atoms with Gasteiger partial charge in [-0.3, -0.25) is 4.79 Å². The lowest BCUT2D eigenvalue weighted by Gasteiger charge is -2.09. The summed E-state index contributed by atoms with van der Waals surface area (Å²) in [5, 5.41) is 0.679. The van der Waals surface area contributed by atoms with Gasteiger partial charge in [0.25, 0.3) is 0 Å². The molecule has 1 N–H and O–H groups in total. The van der Waals surface area contributed by atoms with Crippen molar-refractivity contribution < 1.29 is 19.0 Å². The van der Waals surface area contributed by atoms with Crippen molar-refractivity contribution in [3.63, 3.8) is 0 Å². The number of ketones is 1. The molecule has 0 spiro atoms. The molecular formula is C18H18N2O4S. The summed E-state index contributed by atoms with van der Waals surface area (Å²) in [7, 11) is 4.72. The molecule has 0 saturated carbocycles. The average Bonchev–Trinajstić information content (AvgIpc) is 3.07. The van der Waals surface area contributed by atoms with Crippen molar-refractivity contribution in [1.82, 2.24) is 9.97 Å². The Balaban J connectivity index is 1.76. The van der Waals surface area contributed by atoms with Gasteiger partial charge in [-0.05, 0) is 30.3 Å². The minimum Gasteiger partial charge on any atom is -0.497 e. The highest BCUT2D eigenvalue weighted by molar-refractivity contribution is 7.99. The molecule has 0 unspecified atom stereocenters. The Morgan fingerprint density at radius 2 is 1.76 bits per heavy atom. The van der Waals surface area contributed by atoms with Crippen molar-refractivity contribution in [1.29, 1.82) is 0 Å². The van der Waals surface area contributed by atoms with Crippen LogP contribution in [0.2, 0.25) is 0 Å². The first kappa shape index (κ1) is 17.2. The number of nitrogens with zero attached hydrogens (tertiary/aromatic N) is 1. The minimum absolute atomic E-state index is 0.0567. The van der Waals surface area contributed by atoms with Crippen LogP contribution in [0.3, 0.4) is 0 Å². The van der Waals surface area contributed by atoms with Crippen LogP contribution in [0.4, 0.5) is 0 Å². The zero-order chi connectivity index (χ0) is 17.8. The van der Waals surface area contributed by atoms with E-state index in [4.69, 9.17) is 14.2 Å². The number of carbonyl (C=O) groups is 1. The molecule has 1 aromatic heterocycles. The summed E-state index contributed by atoms with van der Waals surface area (Å²) in [5.41, 5.74) is 2.19. The zero-order valence-electron chi connectivity index (χ0n) is 14.2. The van der Waals surface area contributed by atoms with E-state index in [0.29, 0.717) is 22.2 Å². The molecule has 25 heavy (non-hydrogen) atoms. The van der Waals surface area contributed by atoms with Gasteiger partial charge in [-0.2, -0.15) is 0 Å². The number of ether oxygens (including phenoxy) is 3. The lowest BCUT2D eigenvalue weighted by Crippen LogP contribution is -2.05. The molecule has 0 saturated heterocycles. The molecular weight excluding hydrogens is 340 g/mol. The summed E-state index contributed by atoms with van der Waals surface area (Å²) in [6.07, 6.45) is 0. The van der Waals surface area contributed by atoms with Gasteiger partial charge in [-0.1, -0.05) is 11.8 Å². The van der Waals surface area contributed by atoms with Crippen LogP contribution in [-0.2, 0) is 0 Å². The number of Topliss-reactive ketones (excluding diaryl/α,β-unsaturated/α-hetero) is 1. The monoisotopic (exact) mass is 358 g/mol. The van der Waals surface area contributed by atoms with E-state index in [9.17, 15) is 4.79 Å². The van der Waals surface area contributed by atoms with E-state index in [1.807, 2.05) is 18.2 Å². The van der Waals surface area contributed by atoms with Gasteiger partial charge in [0, 0.05) is 6.07 Å². The zero-order valence-corrected chi connectivity index (χ0v) is 15.0. The average molecular weight is 358 g/mol. The number of rotatable bonds is 7. The van der Waals surface area contributed by atoms with Crippen LogP contribution in [0.5, 0.6) is 17.2 Å². The van der Waals surface area contributed by atoms with Crippen molar-refractivity contribution >= 4 is 28.6 Å². The second kappa shape index (κ2) is 7.48. The molecule has 0 aliphatic carbocycles. The highest BCUT2D eigenvalue weighted by Gasteiger charge is 2.15. The number of benzene rings is 2. The summed E-state index contributed by atoms with van der Waals surface area (Å²) >= 11 is 1.34. The Morgan fingerprint density at radius 3 is 2.48 bits per heavy atom. The fourth-order valence-corrected chi connectivity index (χ4v) is 3.17.